The lowest BCUT2D eigenvalue weighted by molar-refractivity contribution is -0.283. The van der Waals surface area contributed by atoms with Crippen molar-refractivity contribution in [2.24, 2.45) is 0 Å². The molecule has 5 nitrogen and oxygen atoms in total. The van der Waals surface area contributed by atoms with Crippen LogP contribution in [0.4, 0.5) is 45.6 Å². The monoisotopic (exact) mass is 390 g/mol. The summed E-state index contributed by atoms with van der Waals surface area (Å²) in [6.07, 6.45) is -7.48. The molecule has 2 rings (SSSR count). The number of hydrogen-bond donors (Lipinski definition) is 0. The van der Waals surface area contributed by atoms with Gasteiger partial charge in [0.1, 0.15) is 13.0 Å². The van der Waals surface area contributed by atoms with E-state index in [9.17, 15) is 49.5 Å². The van der Waals surface area contributed by atoms with Crippen LogP contribution in [0.2, 0.25) is 0 Å². The largest absolute Gasteiger partial charge is 0.455 e. The van der Waals surface area contributed by atoms with Crippen molar-refractivity contribution in [3.63, 3.8) is 0 Å². The molecule has 4 amide bonds. The van der Waals surface area contributed by atoms with Crippen molar-refractivity contribution in [2.45, 2.75) is 18.5 Å². The summed E-state index contributed by atoms with van der Waals surface area (Å²) in [6.45, 7) is -2.47. The Balaban J connectivity index is 2.44. The van der Waals surface area contributed by atoms with Gasteiger partial charge < -0.3 is 0 Å². The van der Waals surface area contributed by atoms with Gasteiger partial charge in [0.15, 0.2) is 17.5 Å². The second-order valence-electron chi connectivity index (χ2n) is 5.07. The van der Waals surface area contributed by atoms with E-state index in [1.165, 1.54) is 0 Å². The van der Waals surface area contributed by atoms with E-state index in [4.69, 9.17) is 0 Å². The van der Waals surface area contributed by atoms with Crippen molar-refractivity contribution in [3.05, 3.63) is 29.6 Å². The zero-order chi connectivity index (χ0) is 20.0. The zero-order valence-corrected chi connectivity index (χ0v) is 12.2. The molecule has 0 bridgehead atoms. The molecule has 0 spiro atoms. The number of barbiturate groups is 1. The van der Waals surface area contributed by atoms with Crippen molar-refractivity contribution in [2.75, 3.05) is 11.4 Å². The fourth-order valence-electron chi connectivity index (χ4n) is 2.01. The van der Waals surface area contributed by atoms with Crippen LogP contribution in [0.15, 0.2) is 12.1 Å². The molecule has 1 aliphatic heterocycles. The molecule has 0 saturated carbocycles. The van der Waals surface area contributed by atoms with Crippen LogP contribution < -0.4 is 4.90 Å². The Bertz CT molecular complexity index is 792. The van der Waals surface area contributed by atoms with Crippen LogP contribution in [-0.2, 0) is 9.59 Å². The summed E-state index contributed by atoms with van der Waals surface area (Å²) in [5.74, 6) is -14.6. The van der Waals surface area contributed by atoms with Gasteiger partial charge in [-0.2, -0.15) is 22.0 Å². The molecule has 1 aromatic carbocycles. The molecule has 0 aliphatic carbocycles. The average Bonchev–Trinajstić information content (AvgIpc) is 2.50. The SMILES string of the molecule is O=C1CC(=O)N(c2ccc(F)c(F)c2F)C(=O)N1CC(F)(F)C(F)(F)F. The van der Waals surface area contributed by atoms with Gasteiger partial charge in [-0.05, 0) is 12.1 Å². The molecule has 0 atom stereocenters. The van der Waals surface area contributed by atoms with Gasteiger partial charge in [-0.15, -0.1) is 0 Å². The van der Waals surface area contributed by atoms with E-state index < -0.39 is 70.9 Å². The number of alkyl halides is 5. The lowest BCUT2D eigenvalue weighted by Crippen LogP contribution is -2.60. The van der Waals surface area contributed by atoms with Gasteiger partial charge in [0.25, 0.3) is 0 Å². The predicted octanol–water partition coefficient (Wildman–Crippen LogP) is 2.99. The molecule has 0 N–H and O–H groups in total. The van der Waals surface area contributed by atoms with Crippen LogP contribution in [0, 0.1) is 17.5 Å². The first-order valence-electron chi connectivity index (χ1n) is 6.53. The minimum atomic E-state index is -6.12. The Kier molecular flexibility index (Phi) is 4.68. The Labute approximate surface area is 138 Å². The average molecular weight is 390 g/mol. The standard InChI is InChI=1S/C13H6F8N2O3/c14-5-1-2-6(10(16)9(5)15)23-8(25)3-7(24)22(11(23)26)4-12(17,18)13(19,20)21/h1-2H,3-4H2. The molecule has 1 saturated heterocycles. The van der Waals surface area contributed by atoms with Gasteiger partial charge in [-0.25, -0.2) is 22.9 Å². The first-order chi connectivity index (χ1) is 11.8. The van der Waals surface area contributed by atoms with Crippen LogP contribution in [0.1, 0.15) is 6.42 Å². The highest BCUT2D eigenvalue weighted by atomic mass is 19.4. The maximum absolute atomic E-state index is 13.8. The predicted molar refractivity (Wildman–Crippen MR) is 66.5 cm³/mol. The Hall–Kier alpha value is -2.73. The van der Waals surface area contributed by atoms with Crippen molar-refractivity contribution in [1.82, 2.24) is 4.90 Å². The van der Waals surface area contributed by atoms with E-state index in [1.54, 1.807) is 0 Å². The number of halogens is 8. The Morgan fingerprint density at radius 2 is 1.46 bits per heavy atom. The number of rotatable bonds is 3. The number of anilines is 1. The van der Waals surface area contributed by atoms with Crippen LogP contribution in [0.25, 0.3) is 0 Å². The highest BCUT2D eigenvalue weighted by Gasteiger charge is 2.60. The number of amides is 4. The molecule has 142 valence electrons. The van der Waals surface area contributed by atoms with Crippen molar-refractivity contribution >= 4 is 23.5 Å². The highest BCUT2D eigenvalue weighted by Crippen LogP contribution is 2.37. The van der Waals surface area contributed by atoms with E-state index >= 15 is 0 Å². The zero-order valence-electron chi connectivity index (χ0n) is 12.2. The Morgan fingerprint density at radius 3 is 2.00 bits per heavy atom. The van der Waals surface area contributed by atoms with Gasteiger partial charge in [0.05, 0.1) is 5.69 Å². The van der Waals surface area contributed by atoms with Crippen molar-refractivity contribution in [1.29, 1.82) is 0 Å². The molecular weight excluding hydrogens is 384 g/mol. The smallest absolute Gasteiger partial charge is 0.274 e. The number of imide groups is 2. The lowest BCUT2D eigenvalue weighted by atomic mass is 10.2. The minimum Gasteiger partial charge on any atom is -0.274 e. The summed E-state index contributed by atoms with van der Waals surface area (Å²) >= 11 is 0. The molecule has 1 aliphatic rings. The van der Waals surface area contributed by atoms with E-state index in [0.717, 1.165) is 0 Å². The summed E-state index contributed by atoms with van der Waals surface area (Å²) in [6, 6.07) is -1.38. The quantitative estimate of drug-likeness (QED) is 0.453. The second-order valence-corrected chi connectivity index (χ2v) is 5.07. The minimum absolute atomic E-state index is 0.291. The second kappa shape index (κ2) is 6.21. The molecule has 1 fully saturated rings. The summed E-state index contributed by atoms with van der Waals surface area (Å²) in [5, 5.41) is 0. The molecule has 1 heterocycles. The molecule has 26 heavy (non-hydrogen) atoms. The van der Waals surface area contributed by atoms with E-state index in [-0.39, 0.29) is 4.90 Å². The normalized spacial score (nSPS) is 16.5. The summed E-state index contributed by atoms with van der Waals surface area (Å²) in [7, 11) is 0. The number of hydrogen-bond acceptors (Lipinski definition) is 3. The molecule has 0 radical (unpaired) electrons. The van der Waals surface area contributed by atoms with Crippen molar-refractivity contribution < 1.29 is 49.5 Å². The summed E-state index contributed by atoms with van der Waals surface area (Å²) < 4.78 is 103. The Morgan fingerprint density at radius 1 is 0.885 bits per heavy atom. The number of benzene rings is 1. The third-order valence-electron chi connectivity index (χ3n) is 3.30. The number of urea groups is 1. The van der Waals surface area contributed by atoms with Gasteiger partial charge in [0, 0.05) is 0 Å². The van der Waals surface area contributed by atoms with Crippen molar-refractivity contribution in [3.8, 4) is 0 Å². The van der Waals surface area contributed by atoms with Crippen LogP contribution in [-0.4, -0.2) is 41.4 Å². The van der Waals surface area contributed by atoms with Gasteiger partial charge in [-0.3, -0.25) is 14.5 Å². The fourth-order valence-corrected chi connectivity index (χ4v) is 2.01. The number of nitrogens with zero attached hydrogens (tertiary/aromatic N) is 2. The molecule has 0 unspecified atom stereocenters. The maximum Gasteiger partial charge on any atom is 0.455 e. The van der Waals surface area contributed by atoms with Crippen LogP contribution in [0.3, 0.4) is 0 Å². The maximum atomic E-state index is 13.8. The van der Waals surface area contributed by atoms with E-state index in [1.807, 2.05) is 0 Å². The third kappa shape index (κ3) is 3.20. The van der Waals surface area contributed by atoms with Crippen LogP contribution >= 0.6 is 0 Å². The topological polar surface area (TPSA) is 57.7 Å². The highest BCUT2D eigenvalue weighted by molar-refractivity contribution is 6.26. The van der Waals surface area contributed by atoms with E-state index in [2.05, 4.69) is 0 Å². The lowest BCUT2D eigenvalue weighted by Gasteiger charge is -2.34. The number of carbonyl (C=O) groups is 3. The first kappa shape index (κ1) is 19.6. The molecule has 13 heteroatoms. The fraction of sp³-hybridized carbons (Fsp3) is 0.308. The molecular formula is C13H6F8N2O3. The molecule has 0 aromatic heterocycles. The number of carbonyl (C=O) groups excluding carboxylic acids is 3. The van der Waals surface area contributed by atoms with Crippen LogP contribution in [0.5, 0.6) is 0 Å². The first-order valence-corrected chi connectivity index (χ1v) is 6.53. The molecule has 1 aromatic rings. The van der Waals surface area contributed by atoms with Gasteiger partial charge in [0.2, 0.25) is 11.8 Å². The summed E-state index contributed by atoms with van der Waals surface area (Å²) in [5.41, 5.74) is -1.24. The van der Waals surface area contributed by atoms with Gasteiger partial charge in [-0.1, -0.05) is 0 Å². The third-order valence-corrected chi connectivity index (χ3v) is 3.30. The summed E-state index contributed by atoms with van der Waals surface area (Å²) in [4.78, 5) is 34.4. The van der Waals surface area contributed by atoms with Gasteiger partial charge >= 0.3 is 18.1 Å². The van der Waals surface area contributed by atoms with E-state index in [0.29, 0.717) is 12.1 Å².